The molecule has 0 amide bonds. The van der Waals surface area contributed by atoms with E-state index in [2.05, 4.69) is 12.7 Å². The van der Waals surface area contributed by atoms with Gasteiger partial charge in [-0.15, -0.1) is 0 Å². The molecule has 3 rings (SSSR count). The summed E-state index contributed by atoms with van der Waals surface area (Å²) in [6.07, 6.45) is 4.15. The van der Waals surface area contributed by atoms with Crippen LogP contribution < -0.4 is 11.3 Å². The van der Waals surface area contributed by atoms with E-state index < -0.39 is 0 Å². The topological polar surface area (TPSA) is 60.9 Å². The van der Waals surface area contributed by atoms with Gasteiger partial charge in [-0.2, -0.15) is 0 Å². The maximum Gasteiger partial charge on any atom is 0.261 e. The molecule has 1 saturated carbocycles. The highest BCUT2D eigenvalue weighted by Crippen LogP contribution is 2.35. The maximum atomic E-state index is 12.6. The summed E-state index contributed by atoms with van der Waals surface area (Å²) >= 11 is 0. The van der Waals surface area contributed by atoms with Gasteiger partial charge in [0.05, 0.1) is 10.9 Å². The summed E-state index contributed by atoms with van der Waals surface area (Å²) < 4.78 is 1.94. The van der Waals surface area contributed by atoms with Gasteiger partial charge in [0.1, 0.15) is 5.82 Å². The molecule has 1 aliphatic rings. The third kappa shape index (κ3) is 2.61. The fraction of sp³-hybridized carbons (Fsp3) is 0.500. The molecular formula is C16H23N3O. The number of nitrogens with zero attached hydrogens (tertiary/aromatic N) is 2. The molecule has 4 heteroatoms. The number of rotatable bonds is 3. The Balaban J connectivity index is 0.000000704. The summed E-state index contributed by atoms with van der Waals surface area (Å²) in [6, 6.07) is 6.30. The maximum absolute atomic E-state index is 12.6. The van der Waals surface area contributed by atoms with Crippen molar-refractivity contribution in [2.24, 2.45) is 5.73 Å². The highest BCUT2D eigenvalue weighted by molar-refractivity contribution is 5.81. The predicted octanol–water partition coefficient (Wildman–Crippen LogP) is 2.57. The van der Waals surface area contributed by atoms with Crippen LogP contribution in [0.15, 0.2) is 23.0 Å². The van der Waals surface area contributed by atoms with Crippen LogP contribution in [-0.4, -0.2) is 16.6 Å². The van der Waals surface area contributed by atoms with E-state index in [1.165, 1.54) is 7.05 Å². The van der Waals surface area contributed by atoms with Gasteiger partial charge in [0, 0.05) is 12.5 Å². The Kier molecular flexibility index (Phi) is 4.55. The van der Waals surface area contributed by atoms with Crippen LogP contribution in [0, 0.1) is 6.92 Å². The summed E-state index contributed by atoms with van der Waals surface area (Å²) in [4.78, 5) is 17.4. The fourth-order valence-electron chi connectivity index (χ4n) is 2.56. The molecule has 2 N–H and O–H groups in total. The van der Waals surface area contributed by atoms with Crippen LogP contribution in [0.1, 0.15) is 43.6 Å². The average Bonchev–Trinajstić information content (AvgIpc) is 3.26. The molecule has 2 aromatic rings. The van der Waals surface area contributed by atoms with Gasteiger partial charge >= 0.3 is 0 Å². The minimum Gasteiger partial charge on any atom is -0.333 e. The van der Waals surface area contributed by atoms with Gasteiger partial charge in [0.25, 0.3) is 5.56 Å². The number of nitrogens with two attached hydrogens (primary N) is 1. The summed E-state index contributed by atoms with van der Waals surface area (Å²) in [5.41, 5.74) is 6.53. The summed E-state index contributed by atoms with van der Waals surface area (Å²) in [6.45, 7) is 4.12. The lowest BCUT2D eigenvalue weighted by molar-refractivity contribution is 0.630. The first-order chi connectivity index (χ1) is 9.72. The van der Waals surface area contributed by atoms with Crippen LogP contribution in [0.25, 0.3) is 10.9 Å². The molecule has 0 bridgehead atoms. The minimum atomic E-state index is 0.157. The second-order valence-corrected chi connectivity index (χ2v) is 5.15. The average molecular weight is 273 g/mol. The van der Waals surface area contributed by atoms with Crippen molar-refractivity contribution in [3.63, 3.8) is 0 Å². The molecular weight excluding hydrogens is 250 g/mol. The third-order valence-corrected chi connectivity index (χ3v) is 3.60. The molecule has 4 nitrogen and oxygen atoms in total. The van der Waals surface area contributed by atoms with E-state index in [1.807, 2.05) is 29.7 Å². The molecule has 0 saturated heterocycles. The molecule has 1 fully saturated rings. The normalized spacial score (nSPS) is 14.0. The zero-order valence-electron chi connectivity index (χ0n) is 12.5. The monoisotopic (exact) mass is 273 g/mol. The first kappa shape index (κ1) is 14.7. The lowest BCUT2D eigenvalue weighted by atomic mass is 10.1. The van der Waals surface area contributed by atoms with Gasteiger partial charge in [0.2, 0.25) is 0 Å². The lowest BCUT2D eigenvalue weighted by Gasteiger charge is -2.13. The summed E-state index contributed by atoms with van der Waals surface area (Å²) in [5.74, 6) is 0.961. The van der Waals surface area contributed by atoms with E-state index in [1.54, 1.807) is 0 Å². The summed E-state index contributed by atoms with van der Waals surface area (Å²) in [5, 5.41) is 0.796. The number of aromatic nitrogens is 2. The van der Waals surface area contributed by atoms with Crippen LogP contribution >= 0.6 is 0 Å². The van der Waals surface area contributed by atoms with E-state index in [-0.39, 0.29) is 5.56 Å². The second-order valence-electron chi connectivity index (χ2n) is 5.15. The highest BCUT2D eigenvalue weighted by Gasteiger charge is 2.28. The number of fused-ring (bicyclic) bond motifs is 1. The Morgan fingerprint density at radius 3 is 2.65 bits per heavy atom. The molecule has 0 aliphatic heterocycles. The van der Waals surface area contributed by atoms with E-state index in [0.29, 0.717) is 6.04 Å². The number of hydrogen-bond donors (Lipinski definition) is 1. The Bertz CT molecular complexity index is 657. The molecule has 1 aromatic carbocycles. The number of hydrogen-bond acceptors (Lipinski definition) is 3. The Morgan fingerprint density at radius 1 is 1.35 bits per heavy atom. The number of aryl methyl sites for hydroxylation is 2. The van der Waals surface area contributed by atoms with Crippen molar-refractivity contribution < 1.29 is 0 Å². The fourth-order valence-corrected chi connectivity index (χ4v) is 2.56. The third-order valence-electron chi connectivity index (χ3n) is 3.60. The van der Waals surface area contributed by atoms with Crippen LogP contribution in [0.3, 0.4) is 0 Å². The highest BCUT2D eigenvalue weighted by atomic mass is 16.1. The van der Waals surface area contributed by atoms with Gasteiger partial charge in [-0.05, 0) is 44.9 Å². The number of benzene rings is 1. The van der Waals surface area contributed by atoms with Gasteiger partial charge < -0.3 is 5.73 Å². The molecule has 0 unspecified atom stereocenters. The molecule has 20 heavy (non-hydrogen) atoms. The van der Waals surface area contributed by atoms with Crippen LogP contribution in [0.5, 0.6) is 0 Å². The van der Waals surface area contributed by atoms with Gasteiger partial charge in [0.15, 0.2) is 0 Å². The van der Waals surface area contributed by atoms with Crippen LogP contribution in [0.2, 0.25) is 0 Å². The van der Waals surface area contributed by atoms with E-state index in [9.17, 15) is 4.79 Å². The molecule has 0 radical (unpaired) electrons. The van der Waals surface area contributed by atoms with Gasteiger partial charge in [-0.3, -0.25) is 9.36 Å². The van der Waals surface area contributed by atoms with Crippen LogP contribution in [-0.2, 0) is 6.42 Å². The SMILES string of the molecule is CCCc1nc2cccc(C)c2c(=O)n1C1CC1.CN. The van der Waals surface area contributed by atoms with Gasteiger partial charge in [-0.25, -0.2) is 4.98 Å². The molecule has 0 atom stereocenters. The van der Waals surface area contributed by atoms with Crippen molar-refractivity contribution >= 4 is 10.9 Å². The second kappa shape index (κ2) is 6.18. The molecule has 1 heterocycles. The zero-order chi connectivity index (χ0) is 14.7. The van der Waals surface area contributed by atoms with Crippen molar-refractivity contribution in [3.05, 3.63) is 39.9 Å². The van der Waals surface area contributed by atoms with Gasteiger partial charge in [-0.1, -0.05) is 19.1 Å². The van der Waals surface area contributed by atoms with E-state index in [0.717, 1.165) is 48.0 Å². The van der Waals surface area contributed by atoms with Crippen LogP contribution in [0.4, 0.5) is 0 Å². The van der Waals surface area contributed by atoms with Crippen molar-refractivity contribution in [2.45, 2.75) is 45.6 Å². The first-order valence-corrected chi connectivity index (χ1v) is 7.31. The minimum absolute atomic E-state index is 0.157. The molecule has 1 aliphatic carbocycles. The lowest BCUT2D eigenvalue weighted by Crippen LogP contribution is -2.25. The molecule has 0 spiro atoms. The summed E-state index contributed by atoms with van der Waals surface area (Å²) in [7, 11) is 1.50. The predicted molar refractivity (Wildman–Crippen MR) is 83.1 cm³/mol. The first-order valence-electron chi connectivity index (χ1n) is 7.31. The zero-order valence-corrected chi connectivity index (χ0v) is 12.5. The van der Waals surface area contributed by atoms with Crippen molar-refractivity contribution in [1.82, 2.24) is 9.55 Å². The smallest absolute Gasteiger partial charge is 0.261 e. The Morgan fingerprint density at radius 2 is 2.05 bits per heavy atom. The Labute approximate surface area is 119 Å². The van der Waals surface area contributed by atoms with E-state index >= 15 is 0 Å². The van der Waals surface area contributed by atoms with E-state index in [4.69, 9.17) is 4.98 Å². The van der Waals surface area contributed by atoms with Crippen molar-refractivity contribution in [2.75, 3.05) is 7.05 Å². The van der Waals surface area contributed by atoms with Crippen molar-refractivity contribution in [3.8, 4) is 0 Å². The Hall–Kier alpha value is -1.68. The molecule has 1 aromatic heterocycles. The van der Waals surface area contributed by atoms with Crippen molar-refractivity contribution in [1.29, 1.82) is 0 Å². The standard InChI is InChI=1S/C15H18N2O.CH5N/c1-3-5-13-16-12-7-4-6-10(2)14(12)15(18)17(13)11-8-9-11;1-2/h4,6-7,11H,3,5,8-9H2,1-2H3;2H2,1H3. The quantitative estimate of drug-likeness (QED) is 0.935. The molecule has 108 valence electrons. The largest absolute Gasteiger partial charge is 0.333 e.